The van der Waals surface area contributed by atoms with Gasteiger partial charge in [-0.15, -0.1) is 0 Å². The minimum Gasteiger partial charge on any atom is -0.310 e. The number of nitrogens with zero attached hydrogens (tertiary/aromatic N) is 2. The molecule has 2 aromatic heterocycles. The van der Waals surface area contributed by atoms with E-state index in [9.17, 15) is 9.59 Å². The van der Waals surface area contributed by atoms with Gasteiger partial charge in [-0.25, -0.2) is 0 Å². The van der Waals surface area contributed by atoms with Crippen molar-refractivity contribution in [2.75, 3.05) is 0 Å². The standard InChI is InChI=1S/C22H20N2O2/c1-16-8-10-17(11-9-16)15-18(25)12-14-24-20-6-3-2-5-19(20)23-13-4-7-21(23)22(24)26/h2-11,13H,12,14-15H2,1H3. The number of rotatable bonds is 5. The number of carbonyl (C=O) groups excluding carboxylic acids is 1. The maximum Gasteiger partial charge on any atom is 0.275 e. The summed E-state index contributed by atoms with van der Waals surface area (Å²) in [6, 6.07) is 19.5. The zero-order chi connectivity index (χ0) is 18.1. The predicted octanol–water partition coefficient (Wildman–Crippen LogP) is 3.76. The minimum absolute atomic E-state index is 0.0585. The summed E-state index contributed by atoms with van der Waals surface area (Å²) >= 11 is 0. The summed E-state index contributed by atoms with van der Waals surface area (Å²) in [6.07, 6.45) is 2.64. The first-order valence-corrected chi connectivity index (χ1v) is 8.79. The van der Waals surface area contributed by atoms with Crippen molar-refractivity contribution in [2.24, 2.45) is 0 Å². The number of hydrogen-bond donors (Lipinski definition) is 0. The number of aromatic nitrogens is 2. The van der Waals surface area contributed by atoms with Crippen LogP contribution < -0.4 is 5.56 Å². The van der Waals surface area contributed by atoms with Crippen molar-refractivity contribution in [3.8, 4) is 0 Å². The lowest BCUT2D eigenvalue weighted by Gasteiger charge is -2.12. The third-order valence-corrected chi connectivity index (χ3v) is 4.78. The third kappa shape index (κ3) is 2.94. The normalized spacial score (nSPS) is 11.3. The first-order valence-electron chi connectivity index (χ1n) is 8.79. The molecule has 0 saturated heterocycles. The third-order valence-electron chi connectivity index (χ3n) is 4.78. The quantitative estimate of drug-likeness (QED) is 0.553. The molecule has 0 bridgehead atoms. The van der Waals surface area contributed by atoms with Gasteiger partial charge in [0, 0.05) is 25.6 Å². The first kappa shape index (κ1) is 16.3. The molecule has 4 heteroatoms. The van der Waals surface area contributed by atoms with Crippen LogP contribution >= 0.6 is 0 Å². The van der Waals surface area contributed by atoms with Crippen LogP contribution in [0.4, 0.5) is 0 Å². The maximum atomic E-state index is 12.8. The zero-order valence-electron chi connectivity index (χ0n) is 14.7. The molecule has 0 saturated carbocycles. The monoisotopic (exact) mass is 344 g/mol. The zero-order valence-corrected chi connectivity index (χ0v) is 14.7. The Bertz CT molecular complexity index is 1150. The highest BCUT2D eigenvalue weighted by Crippen LogP contribution is 2.15. The van der Waals surface area contributed by atoms with Gasteiger partial charge in [0.15, 0.2) is 0 Å². The molecule has 0 radical (unpaired) electrons. The van der Waals surface area contributed by atoms with E-state index >= 15 is 0 Å². The van der Waals surface area contributed by atoms with E-state index in [0.29, 0.717) is 24.9 Å². The average Bonchev–Trinajstić information content (AvgIpc) is 3.14. The topological polar surface area (TPSA) is 43.5 Å². The molecular weight excluding hydrogens is 324 g/mol. The number of benzene rings is 2. The van der Waals surface area contributed by atoms with Crippen LogP contribution in [0.2, 0.25) is 0 Å². The fourth-order valence-corrected chi connectivity index (χ4v) is 3.39. The van der Waals surface area contributed by atoms with E-state index < -0.39 is 0 Å². The van der Waals surface area contributed by atoms with E-state index in [1.165, 1.54) is 5.56 Å². The van der Waals surface area contributed by atoms with Gasteiger partial charge in [0.25, 0.3) is 5.56 Å². The maximum absolute atomic E-state index is 12.8. The van der Waals surface area contributed by atoms with Crippen LogP contribution in [0.3, 0.4) is 0 Å². The van der Waals surface area contributed by atoms with Crippen molar-refractivity contribution in [2.45, 2.75) is 26.3 Å². The number of fused-ring (bicyclic) bond motifs is 3. The number of aryl methyl sites for hydroxylation is 2. The van der Waals surface area contributed by atoms with Gasteiger partial charge in [-0.3, -0.25) is 9.59 Å². The Balaban J connectivity index is 1.62. The van der Waals surface area contributed by atoms with Crippen molar-refractivity contribution >= 4 is 22.3 Å². The van der Waals surface area contributed by atoms with Gasteiger partial charge >= 0.3 is 0 Å². The summed E-state index contributed by atoms with van der Waals surface area (Å²) in [5.41, 5.74) is 4.59. The lowest BCUT2D eigenvalue weighted by molar-refractivity contribution is -0.118. The van der Waals surface area contributed by atoms with Crippen LogP contribution in [-0.2, 0) is 17.8 Å². The average molecular weight is 344 g/mol. The van der Waals surface area contributed by atoms with Crippen molar-refractivity contribution in [1.82, 2.24) is 8.97 Å². The molecule has 4 rings (SSSR count). The molecule has 0 aliphatic carbocycles. The molecule has 0 amide bonds. The molecule has 26 heavy (non-hydrogen) atoms. The largest absolute Gasteiger partial charge is 0.310 e. The van der Waals surface area contributed by atoms with Crippen LogP contribution in [0.5, 0.6) is 0 Å². The molecule has 2 heterocycles. The lowest BCUT2D eigenvalue weighted by atomic mass is 10.1. The number of para-hydroxylation sites is 2. The number of carbonyl (C=O) groups is 1. The van der Waals surface area contributed by atoms with Crippen molar-refractivity contribution < 1.29 is 4.79 Å². The molecular formula is C22H20N2O2. The SMILES string of the molecule is Cc1ccc(CC(=O)CCn2c(=O)c3cccn3c3ccccc32)cc1. The number of Topliss-reactive ketones (excluding diaryl/α,β-unsaturated/α-hetero) is 1. The molecule has 0 aliphatic heterocycles. The second kappa shape index (κ2) is 6.64. The summed E-state index contributed by atoms with van der Waals surface area (Å²) < 4.78 is 3.62. The Morgan fingerprint density at radius 3 is 2.35 bits per heavy atom. The molecule has 2 aromatic carbocycles. The van der Waals surface area contributed by atoms with E-state index in [1.54, 1.807) is 4.57 Å². The van der Waals surface area contributed by atoms with Gasteiger partial charge in [0.05, 0.1) is 11.0 Å². The molecule has 130 valence electrons. The van der Waals surface area contributed by atoms with Gasteiger partial charge in [0.2, 0.25) is 0 Å². The van der Waals surface area contributed by atoms with E-state index in [4.69, 9.17) is 0 Å². The van der Waals surface area contributed by atoms with Gasteiger partial charge < -0.3 is 8.97 Å². The summed E-state index contributed by atoms with van der Waals surface area (Å²) in [4.78, 5) is 25.3. The van der Waals surface area contributed by atoms with Gasteiger partial charge in [-0.1, -0.05) is 42.0 Å². The second-order valence-corrected chi connectivity index (χ2v) is 6.66. The van der Waals surface area contributed by atoms with Crippen molar-refractivity contribution in [1.29, 1.82) is 0 Å². The van der Waals surface area contributed by atoms with Crippen LogP contribution in [0.1, 0.15) is 17.5 Å². The molecule has 4 aromatic rings. The van der Waals surface area contributed by atoms with E-state index in [-0.39, 0.29) is 11.3 Å². The molecule has 4 nitrogen and oxygen atoms in total. The summed E-state index contributed by atoms with van der Waals surface area (Å²) in [5, 5.41) is 0. The fraction of sp³-hybridized carbons (Fsp3) is 0.182. The highest BCUT2D eigenvalue weighted by atomic mass is 16.1. The van der Waals surface area contributed by atoms with Crippen LogP contribution in [0.25, 0.3) is 16.6 Å². The van der Waals surface area contributed by atoms with Crippen molar-refractivity contribution in [3.05, 3.63) is 88.3 Å². The first-order chi connectivity index (χ1) is 12.6. The van der Waals surface area contributed by atoms with Crippen molar-refractivity contribution in [3.63, 3.8) is 0 Å². The number of hydrogen-bond acceptors (Lipinski definition) is 2. The molecule has 0 unspecified atom stereocenters. The minimum atomic E-state index is -0.0585. The van der Waals surface area contributed by atoms with Gasteiger partial charge in [-0.2, -0.15) is 0 Å². The Labute approximate surface area is 151 Å². The lowest BCUT2D eigenvalue weighted by Crippen LogP contribution is -2.24. The molecule has 0 fully saturated rings. The molecule has 0 aliphatic rings. The van der Waals surface area contributed by atoms with Gasteiger partial charge in [-0.05, 0) is 36.8 Å². The summed E-state index contributed by atoms with van der Waals surface area (Å²) in [5.74, 6) is 0.139. The molecule has 0 N–H and O–H groups in total. The highest BCUT2D eigenvalue weighted by Gasteiger charge is 2.11. The smallest absolute Gasteiger partial charge is 0.275 e. The summed E-state index contributed by atoms with van der Waals surface area (Å²) in [6.45, 7) is 2.42. The fourth-order valence-electron chi connectivity index (χ4n) is 3.39. The van der Waals surface area contributed by atoms with Crippen LogP contribution in [0, 0.1) is 6.92 Å². The number of ketones is 1. The Kier molecular flexibility index (Phi) is 4.17. The van der Waals surface area contributed by atoms with E-state index in [0.717, 1.165) is 16.6 Å². The Hall–Kier alpha value is -3.14. The highest BCUT2D eigenvalue weighted by molar-refractivity contribution is 5.82. The second-order valence-electron chi connectivity index (χ2n) is 6.66. The Morgan fingerprint density at radius 1 is 0.885 bits per heavy atom. The predicted molar refractivity (Wildman–Crippen MR) is 104 cm³/mol. The molecule has 0 spiro atoms. The van der Waals surface area contributed by atoms with Crippen LogP contribution in [-0.4, -0.2) is 14.8 Å². The Morgan fingerprint density at radius 2 is 1.58 bits per heavy atom. The summed E-state index contributed by atoms with van der Waals surface area (Å²) in [7, 11) is 0. The van der Waals surface area contributed by atoms with E-state index in [1.807, 2.05) is 78.2 Å². The van der Waals surface area contributed by atoms with Gasteiger partial charge in [0.1, 0.15) is 11.3 Å². The van der Waals surface area contributed by atoms with E-state index in [2.05, 4.69) is 0 Å². The van der Waals surface area contributed by atoms with Crippen LogP contribution in [0.15, 0.2) is 71.7 Å². The molecule has 0 atom stereocenters.